The number of carbonyl (C=O) groups excluding carboxylic acids is 1. The van der Waals surface area contributed by atoms with Gasteiger partial charge in [0.05, 0.1) is 25.9 Å². The Kier molecular flexibility index (Phi) is 6.30. The Bertz CT molecular complexity index is 432. The Morgan fingerprint density at radius 3 is 2.60 bits per heavy atom. The summed E-state index contributed by atoms with van der Waals surface area (Å²) < 4.78 is 50.1. The first kappa shape index (κ1) is 16.3. The molecule has 7 heteroatoms. The van der Waals surface area contributed by atoms with Crippen LogP contribution in [-0.2, 0) is 4.74 Å². The summed E-state index contributed by atoms with van der Waals surface area (Å²) in [6, 6.07) is 4.71. The van der Waals surface area contributed by atoms with Gasteiger partial charge in [-0.3, -0.25) is 4.79 Å². The van der Waals surface area contributed by atoms with E-state index in [1.54, 1.807) is 12.1 Å². The third-order valence-corrected chi connectivity index (χ3v) is 2.30. The van der Waals surface area contributed by atoms with Crippen LogP contribution in [0.3, 0.4) is 0 Å². The van der Waals surface area contributed by atoms with Crippen molar-refractivity contribution in [1.82, 2.24) is 0 Å². The Morgan fingerprint density at radius 1 is 1.25 bits per heavy atom. The minimum absolute atomic E-state index is 0.0634. The molecule has 0 heterocycles. The molecule has 0 aliphatic heterocycles. The van der Waals surface area contributed by atoms with Crippen LogP contribution in [0, 0.1) is 0 Å². The normalized spacial score (nSPS) is 11.2. The van der Waals surface area contributed by atoms with Crippen molar-refractivity contribution >= 4 is 6.29 Å². The molecule has 0 spiro atoms. The van der Waals surface area contributed by atoms with Crippen molar-refractivity contribution in [2.24, 2.45) is 0 Å². The van der Waals surface area contributed by atoms with Gasteiger partial charge in [-0.1, -0.05) is 0 Å². The molecule has 0 fully saturated rings. The Hall–Kier alpha value is -1.76. The lowest BCUT2D eigenvalue weighted by molar-refractivity contribution is -0.174. The van der Waals surface area contributed by atoms with E-state index in [-0.39, 0.29) is 13.2 Å². The minimum atomic E-state index is -4.32. The summed E-state index contributed by atoms with van der Waals surface area (Å²) in [5.74, 6) is 0.879. The first-order valence-corrected chi connectivity index (χ1v) is 5.87. The fraction of sp³-hybridized carbons (Fsp3) is 0.462. The molecule has 0 radical (unpaired) electrons. The lowest BCUT2D eigenvalue weighted by atomic mass is 10.2. The van der Waals surface area contributed by atoms with Crippen LogP contribution >= 0.6 is 0 Å². The molecular weight excluding hydrogens is 277 g/mol. The van der Waals surface area contributed by atoms with Crippen molar-refractivity contribution in [3.05, 3.63) is 23.8 Å². The van der Waals surface area contributed by atoms with Crippen LogP contribution in [0.2, 0.25) is 0 Å². The zero-order valence-corrected chi connectivity index (χ0v) is 10.9. The fourth-order valence-corrected chi connectivity index (χ4v) is 1.41. The van der Waals surface area contributed by atoms with Gasteiger partial charge in [0, 0.05) is 6.42 Å². The van der Waals surface area contributed by atoms with Gasteiger partial charge in [0.1, 0.15) is 18.1 Å². The smallest absolute Gasteiger partial charge is 0.411 e. The third kappa shape index (κ3) is 5.92. The summed E-state index contributed by atoms with van der Waals surface area (Å²) in [5.41, 5.74) is 0.320. The van der Waals surface area contributed by atoms with Crippen molar-refractivity contribution < 1.29 is 32.2 Å². The van der Waals surface area contributed by atoms with Gasteiger partial charge in [0.25, 0.3) is 0 Å². The average molecular weight is 292 g/mol. The molecule has 0 amide bonds. The molecule has 0 bridgehead atoms. The van der Waals surface area contributed by atoms with Crippen LogP contribution in [0.1, 0.15) is 16.8 Å². The van der Waals surface area contributed by atoms with E-state index in [1.807, 2.05) is 0 Å². The van der Waals surface area contributed by atoms with Crippen LogP contribution in [0.5, 0.6) is 11.5 Å². The number of ether oxygens (including phenoxy) is 3. The van der Waals surface area contributed by atoms with E-state index in [4.69, 9.17) is 9.47 Å². The standard InChI is InChI=1S/C13H15F3O4/c1-18-11-3-4-12(10(7-11)8-17)20-6-2-5-19-9-13(14,15)16/h3-4,7-8H,2,5-6,9H2,1H3. The second-order valence-corrected chi connectivity index (χ2v) is 3.89. The van der Waals surface area contributed by atoms with Crippen LogP contribution in [0.15, 0.2) is 18.2 Å². The molecule has 1 aromatic rings. The summed E-state index contributed by atoms with van der Waals surface area (Å²) in [6.07, 6.45) is -3.40. The van der Waals surface area contributed by atoms with Crippen LogP contribution < -0.4 is 9.47 Å². The number of alkyl halides is 3. The van der Waals surface area contributed by atoms with Crippen LogP contribution in [0.4, 0.5) is 13.2 Å². The lowest BCUT2D eigenvalue weighted by Crippen LogP contribution is -2.18. The number of hydrogen-bond acceptors (Lipinski definition) is 4. The number of carbonyl (C=O) groups is 1. The van der Waals surface area contributed by atoms with Gasteiger partial charge in [-0.15, -0.1) is 0 Å². The summed E-state index contributed by atoms with van der Waals surface area (Å²) in [6.45, 7) is -1.17. The molecule has 4 nitrogen and oxygen atoms in total. The SMILES string of the molecule is COc1ccc(OCCCOCC(F)(F)F)c(C=O)c1. The number of methoxy groups -OCH3 is 1. The highest BCUT2D eigenvalue weighted by molar-refractivity contribution is 5.80. The molecule has 0 N–H and O–H groups in total. The van der Waals surface area contributed by atoms with E-state index in [0.29, 0.717) is 29.8 Å². The summed E-state index contributed by atoms with van der Waals surface area (Å²) in [4.78, 5) is 10.9. The Labute approximate surface area is 114 Å². The maximum atomic E-state index is 11.8. The van der Waals surface area contributed by atoms with Crippen LogP contribution in [0.25, 0.3) is 0 Å². The highest BCUT2D eigenvalue weighted by atomic mass is 19.4. The molecule has 0 unspecified atom stereocenters. The first-order chi connectivity index (χ1) is 9.46. The summed E-state index contributed by atoms with van der Waals surface area (Å²) in [5, 5.41) is 0. The Morgan fingerprint density at radius 2 is 2.00 bits per heavy atom. The number of hydrogen-bond donors (Lipinski definition) is 0. The van der Waals surface area contributed by atoms with Gasteiger partial charge >= 0.3 is 6.18 Å². The van der Waals surface area contributed by atoms with Crippen molar-refractivity contribution in [2.75, 3.05) is 26.9 Å². The Balaban J connectivity index is 2.33. The predicted molar refractivity (Wildman–Crippen MR) is 65.4 cm³/mol. The van der Waals surface area contributed by atoms with Crippen LogP contribution in [-0.4, -0.2) is 39.4 Å². The second-order valence-electron chi connectivity index (χ2n) is 3.89. The molecular formula is C13H15F3O4. The van der Waals surface area contributed by atoms with E-state index in [1.165, 1.54) is 13.2 Å². The molecule has 0 atom stereocenters. The first-order valence-electron chi connectivity index (χ1n) is 5.87. The van der Waals surface area contributed by atoms with E-state index in [9.17, 15) is 18.0 Å². The molecule has 0 aliphatic rings. The van der Waals surface area contributed by atoms with Gasteiger partial charge in [0.2, 0.25) is 0 Å². The number of rotatable bonds is 8. The molecule has 0 saturated heterocycles. The van der Waals surface area contributed by atoms with E-state index < -0.39 is 12.8 Å². The molecule has 0 aliphatic carbocycles. The molecule has 1 aromatic carbocycles. The predicted octanol–water partition coefficient (Wildman–Crippen LogP) is 2.86. The van der Waals surface area contributed by atoms with Crippen molar-refractivity contribution in [3.63, 3.8) is 0 Å². The summed E-state index contributed by atoms with van der Waals surface area (Å²) in [7, 11) is 1.47. The van der Waals surface area contributed by atoms with Crippen molar-refractivity contribution in [2.45, 2.75) is 12.6 Å². The van der Waals surface area contributed by atoms with Gasteiger partial charge < -0.3 is 14.2 Å². The zero-order valence-electron chi connectivity index (χ0n) is 10.9. The second kappa shape index (κ2) is 7.74. The van der Waals surface area contributed by atoms with Crippen molar-refractivity contribution in [1.29, 1.82) is 0 Å². The highest BCUT2D eigenvalue weighted by Crippen LogP contribution is 2.22. The monoisotopic (exact) mass is 292 g/mol. The third-order valence-electron chi connectivity index (χ3n) is 2.30. The zero-order chi connectivity index (χ0) is 15.0. The maximum absolute atomic E-state index is 11.8. The topological polar surface area (TPSA) is 44.8 Å². The minimum Gasteiger partial charge on any atom is -0.497 e. The van der Waals surface area contributed by atoms with E-state index in [0.717, 1.165) is 0 Å². The molecule has 112 valence electrons. The maximum Gasteiger partial charge on any atom is 0.411 e. The lowest BCUT2D eigenvalue weighted by Gasteiger charge is -2.10. The van der Waals surface area contributed by atoms with E-state index in [2.05, 4.69) is 4.74 Å². The quantitative estimate of drug-likeness (QED) is 0.546. The number of halogens is 3. The van der Waals surface area contributed by atoms with E-state index >= 15 is 0 Å². The highest BCUT2D eigenvalue weighted by Gasteiger charge is 2.27. The molecule has 0 saturated carbocycles. The molecule has 1 rings (SSSR count). The van der Waals surface area contributed by atoms with Gasteiger partial charge in [0.15, 0.2) is 6.29 Å². The number of benzene rings is 1. The van der Waals surface area contributed by atoms with Crippen molar-refractivity contribution in [3.8, 4) is 11.5 Å². The van der Waals surface area contributed by atoms with Gasteiger partial charge in [-0.2, -0.15) is 13.2 Å². The summed E-state index contributed by atoms with van der Waals surface area (Å²) >= 11 is 0. The number of aldehydes is 1. The fourth-order valence-electron chi connectivity index (χ4n) is 1.41. The average Bonchev–Trinajstić information content (AvgIpc) is 2.41. The van der Waals surface area contributed by atoms with Gasteiger partial charge in [-0.05, 0) is 18.2 Å². The molecule has 20 heavy (non-hydrogen) atoms. The van der Waals surface area contributed by atoms with Gasteiger partial charge in [-0.25, -0.2) is 0 Å². The largest absolute Gasteiger partial charge is 0.497 e. The molecule has 0 aromatic heterocycles.